The van der Waals surface area contributed by atoms with Crippen LogP contribution in [0.5, 0.6) is 11.5 Å². The van der Waals surface area contributed by atoms with E-state index >= 15 is 0 Å². The van der Waals surface area contributed by atoms with Crippen molar-refractivity contribution in [2.75, 3.05) is 13.7 Å². The van der Waals surface area contributed by atoms with Crippen LogP contribution >= 0.6 is 11.3 Å². The van der Waals surface area contributed by atoms with Gasteiger partial charge in [0.05, 0.1) is 18.3 Å². The molecule has 4 rings (SSSR count). The minimum absolute atomic E-state index is 0.0567. The van der Waals surface area contributed by atoms with Gasteiger partial charge in [-0.05, 0) is 43.0 Å². The third-order valence-corrected chi connectivity index (χ3v) is 6.60. The number of nitrogens with zero attached hydrogens (tertiary/aromatic N) is 2. The maximum Gasteiger partial charge on any atom is 0.254 e. The molecular weight excluding hydrogens is 408 g/mol. The Morgan fingerprint density at radius 1 is 1.23 bits per heavy atom. The van der Waals surface area contributed by atoms with Crippen molar-refractivity contribution < 1.29 is 14.3 Å². The number of rotatable bonds is 8. The van der Waals surface area contributed by atoms with E-state index in [1.807, 2.05) is 28.5 Å². The summed E-state index contributed by atoms with van der Waals surface area (Å²) < 4.78 is 11.4. The number of hydrogen-bond acceptors (Lipinski definition) is 5. The first-order valence-electron chi connectivity index (χ1n) is 10.7. The highest BCUT2D eigenvalue weighted by atomic mass is 32.1. The number of carbonyl (C=O) groups excluding carboxylic acids is 1. The smallest absolute Gasteiger partial charge is 0.254 e. The summed E-state index contributed by atoms with van der Waals surface area (Å²) in [6, 6.07) is 16.2. The summed E-state index contributed by atoms with van der Waals surface area (Å²) in [5.41, 5.74) is 4.59. The van der Waals surface area contributed by atoms with Gasteiger partial charge in [0.1, 0.15) is 6.61 Å². The van der Waals surface area contributed by atoms with Crippen LogP contribution in [-0.4, -0.2) is 35.5 Å². The summed E-state index contributed by atoms with van der Waals surface area (Å²) in [6.07, 6.45) is 3.07. The van der Waals surface area contributed by atoms with Crippen molar-refractivity contribution in [3.8, 4) is 11.5 Å². The number of thiazole rings is 1. The molecule has 1 aromatic heterocycles. The van der Waals surface area contributed by atoms with Crippen LogP contribution in [0.25, 0.3) is 0 Å². The van der Waals surface area contributed by atoms with Crippen molar-refractivity contribution in [2.24, 2.45) is 0 Å². The molecule has 0 radical (unpaired) electrons. The Hall–Kier alpha value is -2.86. The average Bonchev–Trinajstić information content (AvgIpc) is 3.51. The monoisotopic (exact) mass is 436 g/mol. The largest absolute Gasteiger partial charge is 0.493 e. The van der Waals surface area contributed by atoms with E-state index in [1.54, 1.807) is 18.7 Å². The number of benzene rings is 2. The third-order valence-electron chi connectivity index (χ3n) is 5.96. The Morgan fingerprint density at radius 3 is 2.77 bits per heavy atom. The van der Waals surface area contributed by atoms with E-state index in [1.165, 1.54) is 16.9 Å². The van der Waals surface area contributed by atoms with Crippen LogP contribution in [-0.2, 0) is 6.61 Å². The Kier molecular flexibility index (Phi) is 6.87. The normalized spacial score (nSPS) is 16.8. The first kappa shape index (κ1) is 21.4. The molecule has 2 heterocycles. The summed E-state index contributed by atoms with van der Waals surface area (Å²) in [5.74, 6) is 1.57. The fourth-order valence-corrected chi connectivity index (χ4v) is 4.98. The lowest BCUT2D eigenvalue weighted by Crippen LogP contribution is -2.39. The van der Waals surface area contributed by atoms with E-state index in [-0.39, 0.29) is 11.9 Å². The lowest BCUT2D eigenvalue weighted by atomic mass is 9.87. The summed E-state index contributed by atoms with van der Waals surface area (Å²) in [7, 11) is 1.60. The topological polar surface area (TPSA) is 51.7 Å². The van der Waals surface area contributed by atoms with Gasteiger partial charge in [0.15, 0.2) is 11.5 Å². The molecule has 0 spiro atoms. The standard InChI is InChI=1S/C25H28N2O3S/c1-3-21(18-8-5-4-6-9-18)22-10-7-13-27(22)25(28)19-11-12-23(24(14-19)29-2)30-15-20-16-31-17-26-20/h4-6,8-9,11-12,14,16-17,21-22H,3,7,10,13,15H2,1-2H3. The van der Waals surface area contributed by atoms with E-state index < -0.39 is 0 Å². The van der Waals surface area contributed by atoms with E-state index in [0.717, 1.165) is 31.5 Å². The van der Waals surface area contributed by atoms with Crippen LogP contribution in [0.1, 0.15) is 53.7 Å². The van der Waals surface area contributed by atoms with Crippen LogP contribution in [0.3, 0.4) is 0 Å². The molecule has 2 atom stereocenters. The van der Waals surface area contributed by atoms with E-state index in [9.17, 15) is 4.79 Å². The second kappa shape index (κ2) is 9.96. The number of hydrogen-bond donors (Lipinski definition) is 0. The maximum absolute atomic E-state index is 13.5. The molecule has 5 nitrogen and oxygen atoms in total. The number of carbonyl (C=O) groups is 1. The van der Waals surface area contributed by atoms with Gasteiger partial charge in [-0.25, -0.2) is 4.98 Å². The molecule has 1 fully saturated rings. The van der Waals surface area contributed by atoms with Gasteiger partial charge in [-0.2, -0.15) is 0 Å². The summed E-state index contributed by atoms with van der Waals surface area (Å²) in [4.78, 5) is 19.7. The molecule has 0 N–H and O–H groups in total. The van der Waals surface area contributed by atoms with Crippen LogP contribution in [0.4, 0.5) is 0 Å². The first-order valence-corrected chi connectivity index (χ1v) is 11.7. The average molecular weight is 437 g/mol. The van der Waals surface area contributed by atoms with E-state index in [2.05, 4.69) is 36.2 Å². The van der Waals surface area contributed by atoms with Crippen molar-refractivity contribution >= 4 is 17.2 Å². The maximum atomic E-state index is 13.5. The third kappa shape index (κ3) is 4.74. The zero-order valence-corrected chi connectivity index (χ0v) is 18.8. The van der Waals surface area contributed by atoms with Gasteiger partial charge in [-0.3, -0.25) is 4.79 Å². The highest BCUT2D eigenvalue weighted by molar-refractivity contribution is 7.07. The predicted molar refractivity (Wildman–Crippen MR) is 123 cm³/mol. The molecule has 0 aliphatic carbocycles. The Labute approximate surface area is 187 Å². The first-order chi connectivity index (χ1) is 15.2. The second-order valence-electron chi connectivity index (χ2n) is 7.77. The van der Waals surface area contributed by atoms with Crippen molar-refractivity contribution in [3.63, 3.8) is 0 Å². The number of ether oxygens (including phenoxy) is 2. The molecule has 3 aromatic rings. The minimum atomic E-state index is 0.0567. The van der Waals surface area contributed by atoms with E-state index in [0.29, 0.717) is 29.6 Å². The van der Waals surface area contributed by atoms with Crippen molar-refractivity contribution in [3.05, 3.63) is 76.2 Å². The van der Waals surface area contributed by atoms with Crippen molar-refractivity contribution in [1.29, 1.82) is 0 Å². The molecule has 0 saturated carbocycles. The second-order valence-corrected chi connectivity index (χ2v) is 8.49. The van der Waals surface area contributed by atoms with Gasteiger partial charge in [-0.15, -0.1) is 11.3 Å². The summed E-state index contributed by atoms with van der Waals surface area (Å²) >= 11 is 1.54. The van der Waals surface area contributed by atoms with E-state index in [4.69, 9.17) is 9.47 Å². The fourth-order valence-electron chi connectivity index (χ4n) is 4.44. The molecule has 1 saturated heterocycles. The van der Waals surface area contributed by atoms with Crippen LogP contribution in [0.2, 0.25) is 0 Å². The molecule has 6 heteroatoms. The molecule has 2 aromatic carbocycles. The Morgan fingerprint density at radius 2 is 2.06 bits per heavy atom. The summed E-state index contributed by atoms with van der Waals surface area (Å²) in [5, 5.41) is 1.95. The Bertz CT molecular complexity index is 991. The van der Waals surface area contributed by atoms with Gasteiger partial charge < -0.3 is 14.4 Å². The molecular formula is C25H28N2O3S. The molecule has 0 bridgehead atoms. The Balaban J connectivity index is 1.52. The van der Waals surface area contributed by atoms with Gasteiger partial charge in [0.25, 0.3) is 5.91 Å². The lowest BCUT2D eigenvalue weighted by molar-refractivity contribution is 0.0714. The quantitative estimate of drug-likeness (QED) is 0.466. The number of amides is 1. The molecule has 1 amide bonds. The minimum Gasteiger partial charge on any atom is -0.493 e. The molecule has 1 aliphatic heterocycles. The number of aromatic nitrogens is 1. The fraction of sp³-hybridized carbons (Fsp3) is 0.360. The predicted octanol–water partition coefficient (Wildman–Crippen LogP) is 5.53. The summed E-state index contributed by atoms with van der Waals surface area (Å²) in [6.45, 7) is 3.37. The van der Waals surface area contributed by atoms with Crippen molar-refractivity contribution in [2.45, 2.75) is 44.8 Å². The molecule has 1 aliphatic rings. The van der Waals surface area contributed by atoms with Gasteiger partial charge >= 0.3 is 0 Å². The SMILES string of the molecule is CCC(c1ccccc1)C1CCCN1C(=O)c1ccc(OCc2cscn2)c(OC)c1. The number of methoxy groups -OCH3 is 1. The van der Waals surface area contributed by atoms with Crippen molar-refractivity contribution in [1.82, 2.24) is 9.88 Å². The van der Waals surface area contributed by atoms with Crippen LogP contribution < -0.4 is 9.47 Å². The zero-order chi connectivity index (χ0) is 21.6. The van der Waals surface area contributed by atoms with Crippen LogP contribution in [0.15, 0.2) is 59.4 Å². The zero-order valence-electron chi connectivity index (χ0n) is 18.0. The molecule has 162 valence electrons. The molecule has 2 unspecified atom stereocenters. The van der Waals surface area contributed by atoms with Gasteiger partial charge in [-0.1, -0.05) is 37.3 Å². The highest BCUT2D eigenvalue weighted by Crippen LogP contribution is 2.36. The van der Waals surface area contributed by atoms with Gasteiger partial charge in [0.2, 0.25) is 0 Å². The lowest BCUT2D eigenvalue weighted by Gasteiger charge is -2.32. The molecule has 31 heavy (non-hydrogen) atoms. The van der Waals surface area contributed by atoms with Crippen LogP contribution in [0, 0.1) is 0 Å². The van der Waals surface area contributed by atoms with Gasteiger partial charge in [0, 0.05) is 29.4 Å². The number of likely N-dealkylation sites (tertiary alicyclic amines) is 1. The highest BCUT2D eigenvalue weighted by Gasteiger charge is 2.35.